The lowest BCUT2D eigenvalue weighted by Crippen LogP contribution is -2.61. The first-order valence-electron chi connectivity index (χ1n) is 7.73. The highest BCUT2D eigenvalue weighted by atomic mass is 16.6. The molecular weight excluding hydrogens is 352 g/mol. The van der Waals surface area contributed by atoms with Crippen molar-refractivity contribution >= 4 is 29.8 Å². The van der Waals surface area contributed by atoms with Gasteiger partial charge in [-0.25, -0.2) is 14.4 Å². The summed E-state index contributed by atoms with van der Waals surface area (Å²) in [5, 5.41) is 11.5. The molecule has 1 unspecified atom stereocenters. The van der Waals surface area contributed by atoms with Crippen LogP contribution in [0.4, 0.5) is 0 Å². The first-order chi connectivity index (χ1) is 12.0. The standard InChI is InChI=1S/C15H22N2O9/c1-15(2,3)26-13(22)11(25-14(23)12(20)21)17-6-5-16-8(10(17)19)7-9(18)24-4/h8,11,16H,5-7H2,1-4H3,(H,20,21)/t8-,11?/m0/s1. The van der Waals surface area contributed by atoms with Crippen LogP contribution in [-0.4, -0.2) is 77.9 Å². The second-order valence-corrected chi connectivity index (χ2v) is 6.41. The molecule has 0 saturated carbocycles. The third-order valence-corrected chi connectivity index (χ3v) is 3.21. The maximum Gasteiger partial charge on any atom is 0.419 e. The Labute approximate surface area is 149 Å². The average Bonchev–Trinajstić information content (AvgIpc) is 2.52. The molecule has 0 aromatic rings. The lowest BCUT2D eigenvalue weighted by atomic mass is 10.1. The number of ether oxygens (including phenoxy) is 3. The molecule has 0 aromatic heterocycles. The number of carbonyl (C=O) groups is 5. The summed E-state index contributed by atoms with van der Waals surface area (Å²) in [4.78, 5) is 59.3. The normalized spacial score (nSPS) is 18.7. The van der Waals surface area contributed by atoms with Gasteiger partial charge in [0, 0.05) is 13.1 Å². The van der Waals surface area contributed by atoms with Crippen molar-refractivity contribution in [1.29, 1.82) is 0 Å². The van der Waals surface area contributed by atoms with Gasteiger partial charge in [-0.1, -0.05) is 0 Å². The largest absolute Gasteiger partial charge is 0.473 e. The van der Waals surface area contributed by atoms with Crippen molar-refractivity contribution in [2.45, 2.75) is 45.1 Å². The van der Waals surface area contributed by atoms with Crippen molar-refractivity contribution < 1.29 is 43.3 Å². The van der Waals surface area contributed by atoms with E-state index >= 15 is 0 Å². The number of carbonyl (C=O) groups excluding carboxylic acids is 4. The summed E-state index contributed by atoms with van der Waals surface area (Å²) in [5.41, 5.74) is -0.965. The van der Waals surface area contributed by atoms with Crippen LogP contribution in [0.15, 0.2) is 0 Å². The fourth-order valence-electron chi connectivity index (χ4n) is 2.14. The van der Waals surface area contributed by atoms with Crippen LogP contribution < -0.4 is 5.32 Å². The Morgan fingerprint density at radius 2 is 1.92 bits per heavy atom. The minimum Gasteiger partial charge on any atom is -0.473 e. The third-order valence-electron chi connectivity index (χ3n) is 3.21. The monoisotopic (exact) mass is 374 g/mol. The molecule has 1 saturated heterocycles. The van der Waals surface area contributed by atoms with Crippen LogP contribution in [0.3, 0.4) is 0 Å². The van der Waals surface area contributed by atoms with Crippen LogP contribution in [0, 0.1) is 0 Å². The van der Waals surface area contributed by atoms with Gasteiger partial charge in [-0.05, 0) is 20.8 Å². The van der Waals surface area contributed by atoms with E-state index < -0.39 is 47.7 Å². The number of nitrogens with zero attached hydrogens (tertiary/aromatic N) is 1. The van der Waals surface area contributed by atoms with E-state index in [2.05, 4.69) is 14.8 Å². The van der Waals surface area contributed by atoms with E-state index in [1.807, 2.05) is 0 Å². The summed E-state index contributed by atoms with van der Waals surface area (Å²) in [5.74, 6) is -6.12. The molecule has 2 atom stereocenters. The molecule has 1 rings (SSSR count). The molecule has 1 aliphatic heterocycles. The van der Waals surface area contributed by atoms with Gasteiger partial charge in [0.2, 0.25) is 5.91 Å². The van der Waals surface area contributed by atoms with Crippen LogP contribution in [-0.2, 0) is 38.2 Å². The van der Waals surface area contributed by atoms with E-state index in [9.17, 15) is 24.0 Å². The van der Waals surface area contributed by atoms with Crippen LogP contribution in [0.2, 0.25) is 0 Å². The van der Waals surface area contributed by atoms with E-state index in [4.69, 9.17) is 9.84 Å². The smallest absolute Gasteiger partial charge is 0.419 e. The van der Waals surface area contributed by atoms with Gasteiger partial charge in [-0.15, -0.1) is 0 Å². The van der Waals surface area contributed by atoms with Crippen molar-refractivity contribution in [2.24, 2.45) is 0 Å². The molecular formula is C15H22N2O9. The van der Waals surface area contributed by atoms with Gasteiger partial charge in [0.15, 0.2) is 0 Å². The number of nitrogens with one attached hydrogen (secondary N) is 1. The van der Waals surface area contributed by atoms with Crippen LogP contribution in [0.5, 0.6) is 0 Å². The Balaban J connectivity index is 3.05. The Kier molecular flexibility index (Phi) is 7.07. The Bertz CT molecular complexity index is 596. The van der Waals surface area contributed by atoms with Crippen LogP contribution in [0.25, 0.3) is 0 Å². The molecule has 1 fully saturated rings. The van der Waals surface area contributed by atoms with Gasteiger partial charge in [0.05, 0.1) is 19.6 Å². The Hall–Kier alpha value is -2.69. The molecule has 26 heavy (non-hydrogen) atoms. The molecule has 1 amide bonds. The van der Waals surface area contributed by atoms with Crippen LogP contribution in [0.1, 0.15) is 27.2 Å². The first kappa shape index (κ1) is 21.4. The molecule has 11 nitrogen and oxygen atoms in total. The van der Waals surface area contributed by atoms with E-state index in [0.29, 0.717) is 0 Å². The number of esters is 3. The summed E-state index contributed by atoms with van der Waals surface area (Å²) >= 11 is 0. The highest BCUT2D eigenvalue weighted by Gasteiger charge is 2.42. The van der Waals surface area contributed by atoms with Gasteiger partial charge < -0.3 is 24.6 Å². The Morgan fingerprint density at radius 3 is 2.42 bits per heavy atom. The molecule has 0 aromatic carbocycles. The van der Waals surface area contributed by atoms with Crippen LogP contribution >= 0.6 is 0 Å². The van der Waals surface area contributed by atoms with Crippen molar-refractivity contribution in [3.8, 4) is 0 Å². The summed E-state index contributed by atoms with van der Waals surface area (Å²) in [6.07, 6.45) is -2.19. The van der Waals surface area contributed by atoms with Gasteiger partial charge in [0.1, 0.15) is 5.60 Å². The number of carboxylic acid groups (broad SMARTS) is 1. The highest BCUT2D eigenvalue weighted by molar-refractivity contribution is 6.29. The molecule has 0 radical (unpaired) electrons. The first-order valence-corrected chi connectivity index (χ1v) is 7.73. The lowest BCUT2D eigenvalue weighted by Gasteiger charge is -2.37. The molecule has 0 aliphatic carbocycles. The molecule has 11 heteroatoms. The second-order valence-electron chi connectivity index (χ2n) is 6.41. The van der Waals surface area contributed by atoms with Gasteiger partial charge in [-0.3, -0.25) is 14.5 Å². The molecule has 1 aliphatic rings. The fraction of sp³-hybridized carbons (Fsp3) is 0.667. The zero-order valence-corrected chi connectivity index (χ0v) is 14.9. The quantitative estimate of drug-likeness (QED) is 0.336. The summed E-state index contributed by atoms with van der Waals surface area (Å²) in [6.45, 7) is 4.78. The van der Waals surface area contributed by atoms with E-state index in [1.54, 1.807) is 20.8 Å². The average molecular weight is 374 g/mol. The third kappa shape index (κ3) is 5.99. The lowest BCUT2D eigenvalue weighted by molar-refractivity contribution is -0.195. The van der Waals surface area contributed by atoms with E-state index in [0.717, 1.165) is 12.0 Å². The molecule has 2 N–H and O–H groups in total. The number of piperazine rings is 1. The maximum atomic E-state index is 12.5. The van der Waals surface area contributed by atoms with Gasteiger partial charge in [-0.2, -0.15) is 0 Å². The molecule has 146 valence electrons. The molecule has 1 heterocycles. The number of hydrogen-bond acceptors (Lipinski definition) is 9. The summed E-state index contributed by atoms with van der Waals surface area (Å²) in [7, 11) is 1.16. The van der Waals surface area contributed by atoms with Crippen molar-refractivity contribution in [3.05, 3.63) is 0 Å². The predicted molar refractivity (Wildman–Crippen MR) is 83.5 cm³/mol. The second kappa shape index (κ2) is 8.61. The van der Waals surface area contributed by atoms with Gasteiger partial charge in [0.25, 0.3) is 6.23 Å². The zero-order chi connectivity index (χ0) is 20.1. The van der Waals surface area contributed by atoms with Crippen molar-refractivity contribution in [1.82, 2.24) is 10.2 Å². The van der Waals surface area contributed by atoms with Gasteiger partial charge >= 0.3 is 23.9 Å². The topological polar surface area (TPSA) is 149 Å². The summed E-state index contributed by atoms with van der Waals surface area (Å²) < 4.78 is 14.3. The van der Waals surface area contributed by atoms with E-state index in [1.165, 1.54) is 0 Å². The van der Waals surface area contributed by atoms with Crippen molar-refractivity contribution in [2.75, 3.05) is 20.2 Å². The Morgan fingerprint density at radius 1 is 1.31 bits per heavy atom. The highest BCUT2D eigenvalue weighted by Crippen LogP contribution is 2.16. The minimum absolute atomic E-state index is 0.0622. The SMILES string of the molecule is COC(=O)C[C@@H]1NCCN(C(OC(=O)C(=O)O)C(=O)OC(C)(C)C)C1=O. The van der Waals surface area contributed by atoms with E-state index in [-0.39, 0.29) is 19.5 Å². The maximum absolute atomic E-state index is 12.5. The zero-order valence-electron chi connectivity index (χ0n) is 14.9. The predicted octanol–water partition coefficient (Wildman–Crippen LogP) is -1.35. The minimum atomic E-state index is -1.92. The fourth-order valence-corrected chi connectivity index (χ4v) is 2.14. The number of carboxylic acids is 1. The molecule has 0 bridgehead atoms. The number of methoxy groups -OCH3 is 1. The number of aliphatic carboxylic acids is 1. The number of hydrogen-bond donors (Lipinski definition) is 2. The number of amides is 1. The molecule has 0 spiro atoms. The van der Waals surface area contributed by atoms with Crippen molar-refractivity contribution in [3.63, 3.8) is 0 Å². The summed E-state index contributed by atoms with van der Waals surface area (Å²) in [6, 6.07) is -1.01. The number of rotatable bonds is 5.